The van der Waals surface area contributed by atoms with Crippen molar-refractivity contribution >= 4 is 5.69 Å². The van der Waals surface area contributed by atoms with Gasteiger partial charge in [-0.25, -0.2) is 4.39 Å². The number of fused-ring (bicyclic) bond motifs is 1. The molecule has 2 aliphatic rings. The molecule has 0 spiro atoms. The van der Waals surface area contributed by atoms with E-state index in [9.17, 15) is 4.39 Å². The van der Waals surface area contributed by atoms with E-state index >= 15 is 0 Å². The summed E-state index contributed by atoms with van der Waals surface area (Å²) < 4.78 is 33.2. The molecule has 0 aromatic heterocycles. The van der Waals surface area contributed by atoms with Gasteiger partial charge in [0.05, 0.1) is 6.61 Å². The van der Waals surface area contributed by atoms with Crippen LogP contribution < -0.4 is 10.1 Å². The van der Waals surface area contributed by atoms with E-state index in [1.165, 1.54) is 49.8 Å². The summed E-state index contributed by atoms with van der Waals surface area (Å²) in [6.07, 6.45) is 7.22. The first-order valence-corrected chi connectivity index (χ1v) is 14.5. The number of halogens is 1. The zero-order valence-electron chi connectivity index (χ0n) is 23.5. The predicted octanol–water partition coefficient (Wildman–Crippen LogP) is 8.53. The number of rotatable bonds is 10. The highest BCUT2D eigenvalue weighted by Gasteiger charge is 2.45. The highest BCUT2D eigenvalue weighted by molar-refractivity contribution is 5.54. The maximum atomic E-state index is 13.3. The van der Waals surface area contributed by atoms with E-state index < -0.39 is 5.60 Å². The molecule has 3 aromatic rings. The first-order chi connectivity index (χ1) is 18.9. The van der Waals surface area contributed by atoms with E-state index in [2.05, 4.69) is 56.4 Å². The van der Waals surface area contributed by atoms with Gasteiger partial charge in [0.25, 0.3) is 0 Å². The molecule has 1 N–H and O–H groups in total. The van der Waals surface area contributed by atoms with Crippen LogP contribution in [0.25, 0.3) is 0 Å². The van der Waals surface area contributed by atoms with Crippen LogP contribution in [0.4, 0.5) is 10.1 Å². The van der Waals surface area contributed by atoms with Crippen molar-refractivity contribution in [2.45, 2.75) is 90.3 Å². The average molecular weight is 532 g/mol. The predicted molar refractivity (Wildman–Crippen MR) is 155 cm³/mol. The normalized spacial score (nSPS) is 20.7. The molecule has 5 rings (SSSR count). The summed E-state index contributed by atoms with van der Waals surface area (Å²) in [4.78, 5) is 0. The lowest BCUT2D eigenvalue weighted by Crippen LogP contribution is -2.51. The zero-order chi connectivity index (χ0) is 27.2. The monoisotopic (exact) mass is 531 g/mol. The maximum Gasteiger partial charge on any atom is 0.132 e. The number of benzene rings is 3. The summed E-state index contributed by atoms with van der Waals surface area (Å²) in [7, 11) is 0. The summed E-state index contributed by atoms with van der Waals surface area (Å²) >= 11 is 0. The molecule has 3 aromatic carbocycles. The second-order valence-electron chi connectivity index (χ2n) is 11.7. The summed E-state index contributed by atoms with van der Waals surface area (Å²) in [5.74, 6) is 1.36. The number of ether oxygens (including phenoxy) is 3. The second-order valence-corrected chi connectivity index (χ2v) is 11.7. The van der Waals surface area contributed by atoms with Crippen molar-refractivity contribution in [1.29, 1.82) is 0 Å². The molecule has 2 atom stereocenters. The van der Waals surface area contributed by atoms with Crippen molar-refractivity contribution in [2.75, 3.05) is 11.9 Å². The second kappa shape index (κ2) is 12.5. The Kier molecular flexibility index (Phi) is 8.89. The lowest BCUT2D eigenvalue weighted by atomic mass is 9.86. The van der Waals surface area contributed by atoms with E-state index in [0.29, 0.717) is 19.8 Å². The minimum Gasteiger partial charge on any atom is -0.485 e. The first-order valence-electron chi connectivity index (χ1n) is 14.5. The van der Waals surface area contributed by atoms with Crippen LogP contribution in [0.1, 0.15) is 80.7 Å². The van der Waals surface area contributed by atoms with Crippen LogP contribution in [0.15, 0.2) is 66.7 Å². The van der Waals surface area contributed by atoms with Crippen LogP contribution in [-0.4, -0.2) is 18.3 Å². The number of aryl methyl sites for hydroxylation is 1. The van der Waals surface area contributed by atoms with Crippen molar-refractivity contribution < 1.29 is 18.6 Å². The number of anilines is 1. The molecule has 2 unspecified atom stereocenters. The molecule has 1 aliphatic carbocycles. The average Bonchev–Trinajstić information content (AvgIpc) is 2.93. The Bertz CT molecular complexity index is 1200. The summed E-state index contributed by atoms with van der Waals surface area (Å²) in [5, 5.41) is 3.48. The first kappa shape index (κ1) is 27.7. The molecular formula is C34H42FNO3. The smallest absolute Gasteiger partial charge is 0.132 e. The Balaban J connectivity index is 1.35. The number of nitrogens with one attached hydrogen (secondary N) is 1. The quantitative estimate of drug-likeness (QED) is 0.285. The van der Waals surface area contributed by atoms with Crippen molar-refractivity contribution in [1.82, 2.24) is 0 Å². The van der Waals surface area contributed by atoms with Crippen LogP contribution in [0.3, 0.4) is 0 Å². The highest BCUT2D eigenvalue weighted by Crippen LogP contribution is 2.45. The fourth-order valence-corrected chi connectivity index (χ4v) is 5.82. The Morgan fingerprint density at radius 2 is 1.62 bits per heavy atom. The van der Waals surface area contributed by atoms with Crippen molar-refractivity contribution in [2.24, 2.45) is 5.92 Å². The SMILES string of the molecule is Cc1ccc(COC2C(OCCC3CCCCC3)c3cc(NCc4ccc(F)cc4)ccc3OC2(C)C)cc1. The van der Waals surface area contributed by atoms with Gasteiger partial charge >= 0.3 is 0 Å². The third kappa shape index (κ3) is 7.20. The van der Waals surface area contributed by atoms with Gasteiger partial charge in [-0.3, -0.25) is 0 Å². The van der Waals surface area contributed by atoms with Gasteiger partial charge in [0.1, 0.15) is 29.4 Å². The van der Waals surface area contributed by atoms with Crippen LogP contribution in [0, 0.1) is 18.7 Å². The van der Waals surface area contributed by atoms with Gasteiger partial charge in [0.15, 0.2) is 0 Å². The van der Waals surface area contributed by atoms with Gasteiger partial charge in [0, 0.05) is 24.4 Å². The summed E-state index contributed by atoms with van der Waals surface area (Å²) in [6, 6.07) is 21.3. The Morgan fingerprint density at radius 3 is 2.36 bits per heavy atom. The molecule has 1 fully saturated rings. The molecule has 0 saturated heterocycles. The third-order valence-corrected chi connectivity index (χ3v) is 8.16. The van der Waals surface area contributed by atoms with E-state index in [0.717, 1.165) is 40.5 Å². The number of hydrogen-bond acceptors (Lipinski definition) is 4. The molecular weight excluding hydrogens is 489 g/mol. The minimum atomic E-state index is -0.559. The minimum absolute atomic E-state index is 0.225. The van der Waals surface area contributed by atoms with Crippen LogP contribution in [0.5, 0.6) is 5.75 Å². The zero-order valence-corrected chi connectivity index (χ0v) is 23.5. The standard InChI is InChI=1S/C34H42FNO3/c1-24-9-11-27(12-10-24)23-38-33-32(37-20-19-25-7-5-4-6-8-25)30-21-29(17-18-31(30)39-34(33,2)3)36-22-26-13-15-28(35)16-14-26/h9-18,21,25,32-33,36H,4-8,19-20,22-23H2,1-3H3. The Morgan fingerprint density at radius 1 is 0.897 bits per heavy atom. The molecule has 1 aliphatic heterocycles. The molecule has 0 amide bonds. The van der Waals surface area contributed by atoms with Gasteiger partial charge in [0.2, 0.25) is 0 Å². The largest absolute Gasteiger partial charge is 0.485 e. The van der Waals surface area contributed by atoms with Crippen molar-refractivity contribution in [3.05, 3.63) is 94.8 Å². The Labute approximate surface area is 232 Å². The molecule has 4 nitrogen and oxygen atoms in total. The van der Waals surface area contributed by atoms with Gasteiger partial charge in [-0.15, -0.1) is 0 Å². The van der Waals surface area contributed by atoms with Crippen molar-refractivity contribution in [3.63, 3.8) is 0 Å². The summed E-state index contributed by atoms with van der Waals surface area (Å²) in [5.41, 5.74) is 4.81. The van der Waals surface area contributed by atoms with E-state index in [4.69, 9.17) is 14.2 Å². The lowest BCUT2D eigenvalue weighted by Gasteiger charge is -2.44. The van der Waals surface area contributed by atoms with Crippen LogP contribution in [-0.2, 0) is 22.6 Å². The number of hydrogen-bond donors (Lipinski definition) is 1. The van der Waals surface area contributed by atoms with Gasteiger partial charge in [-0.05, 0) is 74.6 Å². The van der Waals surface area contributed by atoms with Crippen LogP contribution in [0.2, 0.25) is 0 Å². The van der Waals surface area contributed by atoms with Gasteiger partial charge in [-0.2, -0.15) is 0 Å². The Hall–Kier alpha value is -2.89. The van der Waals surface area contributed by atoms with E-state index in [-0.39, 0.29) is 18.0 Å². The molecule has 208 valence electrons. The fourth-order valence-electron chi connectivity index (χ4n) is 5.82. The molecule has 1 heterocycles. The molecule has 0 radical (unpaired) electrons. The van der Waals surface area contributed by atoms with Crippen molar-refractivity contribution in [3.8, 4) is 5.75 Å². The lowest BCUT2D eigenvalue weighted by molar-refractivity contribution is -0.168. The molecule has 0 bridgehead atoms. The van der Waals surface area contributed by atoms with E-state index in [1.807, 2.05) is 12.1 Å². The highest BCUT2D eigenvalue weighted by atomic mass is 19.1. The third-order valence-electron chi connectivity index (χ3n) is 8.16. The summed E-state index contributed by atoms with van der Waals surface area (Å²) in [6.45, 7) is 8.09. The van der Waals surface area contributed by atoms with Gasteiger partial charge < -0.3 is 19.5 Å². The van der Waals surface area contributed by atoms with E-state index in [1.54, 1.807) is 12.1 Å². The van der Waals surface area contributed by atoms with Crippen LogP contribution >= 0.6 is 0 Å². The molecule has 39 heavy (non-hydrogen) atoms. The molecule has 5 heteroatoms. The van der Waals surface area contributed by atoms with Gasteiger partial charge in [-0.1, -0.05) is 74.1 Å². The molecule has 1 saturated carbocycles. The fraction of sp³-hybridized carbons (Fsp3) is 0.471. The maximum absolute atomic E-state index is 13.3. The topological polar surface area (TPSA) is 39.7 Å².